The summed E-state index contributed by atoms with van der Waals surface area (Å²) in [5, 5.41) is 0.427. The van der Waals surface area contributed by atoms with Crippen LogP contribution in [0.4, 0.5) is 0 Å². The summed E-state index contributed by atoms with van der Waals surface area (Å²) in [4.78, 5) is 12.0. The van der Waals surface area contributed by atoms with Gasteiger partial charge in [-0.15, -0.1) is 0 Å². The lowest BCUT2D eigenvalue weighted by atomic mass is 10.0. The maximum atomic E-state index is 12.0. The number of halogens is 2. The minimum Gasteiger partial charge on any atom is -0.320 e. The van der Waals surface area contributed by atoms with Crippen molar-refractivity contribution in [2.45, 2.75) is 31.2 Å². The second-order valence-electron chi connectivity index (χ2n) is 4.52. The highest BCUT2D eigenvalue weighted by Gasteiger charge is 2.15. The van der Waals surface area contributed by atoms with E-state index in [9.17, 15) is 9.00 Å². The summed E-state index contributed by atoms with van der Waals surface area (Å²) < 4.78 is 15.6. The molecule has 2 atom stereocenters. The predicted octanol–water partition coefficient (Wildman–Crippen LogP) is 2.92. The van der Waals surface area contributed by atoms with Gasteiger partial charge in [-0.3, -0.25) is 4.79 Å². The Bertz CT molecular complexity index is 555. The van der Waals surface area contributed by atoms with Crippen LogP contribution in [0.3, 0.4) is 0 Å². The predicted molar refractivity (Wildman–Crippen MR) is 79.1 cm³/mol. The molecule has 0 spiro atoms. The van der Waals surface area contributed by atoms with Crippen molar-refractivity contribution in [3.63, 3.8) is 0 Å². The second-order valence-corrected chi connectivity index (χ2v) is 6.53. The van der Waals surface area contributed by atoms with Gasteiger partial charge in [-0.25, -0.2) is 4.21 Å². The third kappa shape index (κ3) is 4.76. The first-order valence-electron chi connectivity index (χ1n) is 5.75. The summed E-state index contributed by atoms with van der Waals surface area (Å²) in [6.07, 6.45) is 0.495. The highest BCUT2D eigenvalue weighted by molar-refractivity contribution is 7.75. The second kappa shape index (κ2) is 7.24. The summed E-state index contributed by atoms with van der Waals surface area (Å²) in [6, 6.07) is 3.96. The Balaban J connectivity index is 2.97. The van der Waals surface area contributed by atoms with Crippen molar-refractivity contribution >= 4 is 39.7 Å². The van der Waals surface area contributed by atoms with Crippen molar-refractivity contribution in [1.29, 1.82) is 0 Å². The minimum absolute atomic E-state index is 0.152. The van der Waals surface area contributed by atoms with E-state index in [1.165, 1.54) is 6.07 Å². The molecule has 1 aromatic rings. The number of carbonyl (C=O) groups is 1. The van der Waals surface area contributed by atoms with E-state index >= 15 is 0 Å². The maximum absolute atomic E-state index is 12.0. The van der Waals surface area contributed by atoms with E-state index in [0.717, 1.165) is 0 Å². The zero-order chi connectivity index (χ0) is 14.6. The van der Waals surface area contributed by atoms with Crippen molar-refractivity contribution < 1.29 is 9.00 Å². The fraction of sp³-hybridized carbons (Fsp3) is 0.417. The lowest BCUT2D eigenvalue weighted by Crippen LogP contribution is -2.30. The van der Waals surface area contributed by atoms with Gasteiger partial charge in [0, 0.05) is 0 Å². The van der Waals surface area contributed by atoms with Crippen LogP contribution in [-0.4, -0.2) is 16.2 Å². The molecule has 0 fully saturated rings. The van der Waals surface area contributed by atoms with Crippen LogP contribution in [0.2, 0.25) is 10.0 Å². The summed E-state index contributed by atoms with van der Waals surface area (Å²) in [6.45, 7) is 3.89. The Morgan fingerprint density at radius 1 is 1.42 bits per heavy atom. The summed E-state index contributed by atoms with van der Waals surface area (Å²) in [5.41, 5.74) is 5.68. The number of rotatable bonds is 4. The SMILES string of the molecule is CC(C)C[C@H](N)C(=O)/N=[SH](=O)/c1cccc(Cl)c1Cl. The number of nitrogens with two attached hydrogens (primary N) is 1. The molecule has 1 rings (SSSR count). The van der Waals surface area contributed by atoms with Crippen LogP contribution in [0.15, 0.2) is 27.5 Å². The molecule has 0 bridgehead atoms. The highest BCUT2D eigenvalue weighted by atomic mass is 35.5. The molecule has 0 heterocycles. The molecule has 1 unspecified atom stereocenters. The van der Waals surface area contributed by atoms with Gasteiger partial charge in [0.15, 0.2) is 0 Å². The molecule has 0 saturated carbocycles. The van der Waals surface area contributed by atoms with E-state index in [4.69, 9.17) is 28.9 Å². The van der Waals surface area contributed by atoms with E-state index in [1.54, 1.807) is 12.1 Å². The molecular formula is C12H16Cl2N2O2S. The number of amides is 1. The van der Waals surface area contributed by atoms with Crippen molar-refractivity contribution in [1.82, 2.24) is 0 Å². The van der Waals surface area contributed by atoms with Gasteiger partial charge in [-0.1, -0.05) is 43.1 Å². The maximum Gasteiger partial charge on any atom is 0.270 e. The van der Waals surface area contributed by atoms with Crippen LogP contribution in [0, 0.1) is 5.92 Å². The minimum atomic E-state index is -2.28. The zero-order valence-corrected chi connectivity index (χ0v) is 13.0. The van der Waals surface area contributed by atoms with Crippen LogP contribution in [-0.2, 0) is 15.4 Å². The first kappa shape index (κ1) is 16.4. The number of hydrogen-bond acceptors (Lipinski definition) is 3. The molecular weight excluding hydrogens is 307 g/mol. The van der Waals surface area contributed by atoms with Crippen LogP contribution in [0.5, 0.6) is 0 Å². The Morgan fingerprint density at radius 3 is 2.63 bits per heavy atom. The first-order chi connectivity index (χ1) is 8.82. The highest BCUT2D eigenvalue weighted by Crippen LogP contribution is 2.26. The van der Waals surface area contributed by atoms with Gasteiger partial charge in [0.05, 0.1) is 31.6 Å². The molecule has 0 radical (unpaired) electrons. The molecule has 7 heteroatoms. The molecule has 0 aromatic heterocycles. The van der Waals surface area contributed by atoms with Crippen LogP contribution >= 0.6 is 23.2 Å². The number of carbonyl (C=O) groups excluding carboxylic acids is 1. The van der Waals surface area contributed by atoms with Gasteiger partial charge < -0.3 is 5.73 Å². The number of hydrogen-bond donors (Lipinski definition) is 2. The topological polar surface area (TPSA) is 72.5 Å². The molecule has 106 valence electrons. The van der Waals surface area contributed by atoms with E-state index in [1.807, 2.05) is 13.8 Å². The smallest absolute Gasteiger partial charge is 0.270 e. The molecule has 4 nitrogen and oxygen atoms in total. The molecule has 19 heavy (non-hydrogen) atoms. The van der Waals surface area contributed by atoms with Crippen LogP contribution in [0.1, 0.15) is 20.3 Å². The monoisotopic (exact) mass is 322 g/mol. The molecule has 0 aliphatic carbocycles. The Morgan fingerprint density at radius 2 is 2.05 bits per heavy atom. The number of benzene rings is 1. The van der Waals surface area contributed by atoms with Gasteiger partial charge in [-0.05, 0) is 24.5 Å². The Labute approximate surface area is 124 Å². The lowest BCUT2D eigenvalue weighted by molar-refractivity contribution is -0.119. The fourth-order valence-corrected chi connectivity index (χ4v) is 2.99. The van der Waals surface area contributed by atoms with Gasteiger partial charge >= 0.3 is 0 Å². The van der Waals surface area contributed by atoms with Gasteiger partial charge in [-0.2, -0.15) is 4.36 Å². The summed E-state index contributed by atoms with van der Waals surface area (Å²) in [7, 11) is -2.28. The lowest BCUT2D eigenvalue weighted by Gasteiger charge is -2.09. The van der Waals surface area contributed by atoms with Gasteiger partial charge in [0.2, 0.25) is 0 Å². The quantitative estimate of drug-likeness (QED) is 0.837. The largest absolute Gasteiger partial charge is 0.320 e. The normalized spacial score (nSPS) is 14.6. The van der Waals surface area contributed by atoms with Crippen LogP contribution in [0.25, 0.3) is 0 Å². The average molecular weight is 323 g/mol. The number of nitrogens with zero attached hydrogens (tertiary/aromatic N) is 1. The van der Waals surface area contributed by atoms with Crippen molar-refractivity contribution in [2.24, 2.45) is 16.0 Å². The molecule has 0 saturated heterocycles. The van der Waals surface area contributed by atoms with Crippen molar-refractivity contribution in [3.8, 4) is 0 Å². The van der Waals surface area contributed by atoms with E-state index in [0.29, 0.717) is 6.42 Å². The molecule has 0 aliphatic rings. The summed E-state index contributed by atoms with van der Waals surface area (Å²) >= 11 is 11.7. The molecule has 1 amide bonds. The van der Waals surface area contributed by atoms with Gasteiger partial charge in [0.1, 0.15) is 0 Å². The van der Waals surface area contributed by atoms with Gasteiger partial charge in [0.25, 0.3) is 5.91 Å². The summed E-state index contributed by atoms with van der Waals surface area (Å²) in [5.74, 6) is -0.312. The standard InChI is InChI=1S/C12H16Cl2N2O2S/c1-7(2)6-9(15)12(17)16-19(18)10-5-3-4-8(13)11(10)14/h3-5,7,9,19H,6,15H2,1-2H3/t9-/m0/s1. The Hall–Kier alpha value is -0.620. The average Bonchev–Trinajstić information content (AvgIpc) is 2.31. The fourth-order valence-electron chi connectivity index (χ4n) is 1.47. The van der Waals surface area contributed by atoms with Crippen molar-refractivity contribution in [3.05, 3.63) is 28.2 Å². The zero-order valence-electron chi connectivity index (χ0n) is 10.6. The molecule has 1 aromatic carbocycles. The molecule has 0 aliphatic heterocycles. The Kier molecular flexibility index (Phi) is 6.26. The molecule has 2 N–H and O–H groups in total. The third-order valence-corrected chi connectivity index (χ3v) is 4.48. The number of thiol groups is 1. The van der Waals surface area contributed by atoms with E-state index in [2.05, 4.69) is 4.36 Å². The first-order valence-corrected chi connectivity index (χ1v) is 7.72. The van der Waals surface area contributed by atoms with E-state index in [-0.39, 0.29) is 20.9 Å². The third-order valence-electron chi connectivity index (χ3n) is 2.37. The van der Waals surface area contributed by atoms with Crippen LogP contribution < -0.4 is 5.73 Å². The van der Waals surface area contributed by atoms with Crippen molar-refractivity contribution in [2.75, 3.05) is 0 Å². The van der Waals surface area contributed by atoms with E-state index < -0.39 is 22.5 Å².